The topological polar surface area (TPSA) is 46.2 Å². The van der Waals surface area contributed by atoms with Gasteiger partial charge < -0.3 is 5.32 Å². The van der Waals surface area contributed by atoms with Gasteiger partial charge in [-0.1, -0.05) is 29.3 Å². The highest BCUT2D eigenvalue weighted by atomic mass is 32.2. The lowest BCUT2D eigenvalue weighted by Crippen LogP contribution is -2.18. The van der Waals surface area contributed by atoms with Crippen LogP contribution in [0.1, 0.15) is 35.6 Å². The molecule has 102 valence electrons. The Balaban J connectivity index is 2.71. The molecule has 1 atom stereocenters. The van der Waals surface area contributed by atoms with E-state index >= 15 is 0 Å². The van der Waals surface area contributed by atoms with Crippen LogP contribution in [0.5, 0.6) is 0 Å². The summed E-state index contributed by atoms with van der Waals surface area (Å²) >= 11 is 0. The van der Waals surface area contributed by atoms with Crippen molar-refractivity contribution in [2.45, 2.75) is 32.7 Å². The summed E-state index contributed by atoms with van der Waals surface area (Å²) < 4.78 is 22.3. The summed E-state index contributed by atoms with van der Waals surface area (Å²) in [6.45, 7) is 4.17. The fourth-order valence-electron chi connectivity index (χ4n) is 2.24. The summed E-state index contributed by atoms with van der Waals surface area (Å²) in [6.07, 6.45) is 2.82. The summed E-state index contributed by atoms with van der Waals surface area (Å²) in [7, 11) is -0.935. The van der Waals surface area contributed by atoms with Gasteiger partial charge >= 0.3 is 0 Å². The highest BCUT2D eigenvalue weighted by Gasteiger charge is 2.11. The van der Waals surface area contributed by atoms with Crippen molar-refractivity contribution < 1.29 is 8.42 Å². The lowest BCUT2D eigenvalue weighted by molar-refractivity contribution is 0.536. The molecule has 0 spiro atoms. The maximum absolute atomic E-state index is 11.1. The van der Waals surface area contributed by atoms with Crippen LogP contribution in [0.3, 0.4) is 0 Å². The van der Waals surface area contributed by atoms with Gasteiger partial charge in [0.2, 0.25) is 0 Å². The second-order valence-corrected chi connectivity index (χ2v) is 7.29. The maximum atomic E-state index is 11.1. The standard InChI is InChI=1S/C14H23NO2S/c1-11-8-12(2)10-13(9-11)14(15-3)6-5-7-18(4,16)17/h8-10,14-15H,5-7H2,1-4H3. The average Bonchev–Trinajstić information content (AvgIpc) is 2.21. The summed E-state index contributed by atoms with van der Waals surface area (Å²) in [5, 5.41) is 3.26. The average molecular weight is 269 g/mol. The van der Waals surface area contributed by atoms with Crippen LogP contribution in [0.2, 0.25) is 0 Å². The van der Waals surface area contributed by atoms with Gasteiger partial charge in [-0.05, 0) is 39.3 Å². The Kier molecular flexibility index (Phi) is 5.35. The van der Waals surface area contributed by atoms with E-state index in [2.05, 4.69) is 37.4 Å². The largest absolute Gasteiger partial charge is 0.313 e. The number of hydrogen-bond acceptors (Lipinski definition) is 3. The number of sulfone groups is 1. The quantitative estimate of drug-likeness (QED) is 0.862. The maximum Gasteiger partial charge on any atom is 0.147 e. The SMILES string of the molecule is CNC(CCCS(C)(=O)=O)c1cc(C)cc(C)c1. The molecule has 0 aliphatic rings. The number of hydrogen-bond donors (Lipinski definition) is 1. The Labute approximate surface area is 111 Å². The smallest absolute Gasteiger partial charge is 0.147 e. The van der Waals surface area contributed by atoms with Gasteiger partial charge in [-0.25, -0.2) is 8.42 Å². The zero-order valence-corrected chi connectivity index (χ0v) is 12.5. The second kappa shape index (κ2) is 6.34. The molecule has 3 nitrogen and oxygen atoms in total. The molecule has 0 fully saturated rings. The molecule has 1 N–H and O–H groups in total. The van der Waals surface area contributed by atoms with Crippen LogP contribution in [0.25, 0.3) is 0 Å². The number of nitrogens with one attached hydrogen (secondary N) is 1. The molecular formula is C14H23NO2S. The minimum absolute atomic E-state index is 0.227. The van der Waals surface area contributed by atoms with E-state index < -0.39 is 9.84 Å². The molecule has 0 aliphatic heterocycles. The third kappa shape index (κ3) is 5.19. The van der Waals surface area contributed by atoms with Crippen molar-refractivity contribution in [2.24, 2.45) is 0 Å². The molecule has 0 radical (unpaired) electrons. The van der Waals surface area contributed by atoms with E-state index in [1.165, 1.54) is 22.9 Å². The number of rotatable bonds is 6. The van der Waals surface area contributed by atoms with Gasteiger partial charge in [-0.3, -0.25) is 0 Å². The van der Waals surface area contributed by atoms with Crippen molar-refractivity contribution in [2.75, 3.05) is 19.1 Å². The van der Waals surface area contributed by atoms with Gasteiger partial charge in [0.15, 0.2) is 0 Å². The molecule has 4 heteroatoms. The Bertz CT molecular complexity index is 474. The Morgan fingerprint density at radius 3 is 2.17 bits per heavy atom. The van der Waals surface area contributed by atoms with Gasteiger partial charge in [0.25, 0.3) is 0 Å². The lowest BCUT2D eigenvalue weighted by Gasteiger charge is -2.17. The second-order valence-electron chi connectivity index (χ2n) is 5.03. The minimum Gasteiger partial charge on any atom is -0.313 e. The van der Waals surface area contributed by atoms with Crippen LogP contribution in [-0.2, 0) is 9.84 Å². The van der Waals surface area contributed by atoms with E-state index in [-0.39, 0.29) is 11.8 Å². The van der Waals surface area contributed by atoms with Gasteiger partial charge in [0, 0.05) is 18.1 Å². The molecule has 1 rings (SSSR count). The first-order valence-electron chi connectivity index (χ1n) is 6.25. The molecular weight excluding hydrogens is 246 g/mol. The zero-order chi connectivity index (χ0) is 13.8. The highest BCUT2D eigenvalue weighted by molar-refractivity contribution is 7.90. The van der Waals surface area contributed by atoms with Crippen molar-refractivity contribution in [3.63, 3.8) is 0 Å². The molecule has 1 aromatic carbocycles. The Morgan fingerprint density at radius 1 is 1.17 bits per heavy atom. The highest BCUT2D eigenvalue weighted by Crippen LogP contribution is 2.21. The summed E-state index contributed by atoms with van der Waals surface area (Å²) in [4.78, 5) is 0. The summed E-state index contributed by atoms with van der Waals surface area (Å²) in [6, 6.07) is 6.70. The number of aryl methyl sites for hydroxylation is 2. The Hall–Kier alpha value is -0.870. The van der Waals surface area contributed by atoms with Crippen LogP contribution in [0.4, 0.5) is 0 Å². The van der Waals surface area contributed by atoms with E-state index in [0.29, 0.717) is 6.42 Å². The summed E-state index contributed by atoms with van der Waals surface area (Å²) in [5.41, 5.74) is 3.73. The van der Waals surface area contributed by atoms with Crippen LogP contribution >= 0.6 is 0 Å². The molecule has 0 saturated heterocycles. The van der Waals surface area contributed by atoms with Gasteiger partial charge in [-0.15, -0.1) is 0 Å². The molecule has 0 aromatic heterocycles. The lowest BCUT2D eigenvalue weighted by atomic mass is 9.98. The van der Waals surface area contributed by atoms with Crippen LogP contribution in [0.15, 0.2) is 18.2 Å². The van der Waals surface area contributed by atoms with Gasteiger partial charge in [-0.2, -0.15) is 0 Å². The molecule has 0 bridgehead atoms. The molecule has 1 unspecified atom stereocenters. The van der Waals surface area contributed by atoms with Crippen LogP contribution < -0.4 is 5.32 Å². The first-order chi connectivity index (χ1) is 8.31. The van der Waals surface area contributed by atoms with Crippen molar-refractivity contribution in [3.8, 4) is 0 Å². The molecule has 0 amide bonds. The van der Waals surface area contributed by atoms with Crippen molar-refractivity contribution in [1.29, 1.82) is 0 Å². The molecule has 1 aromatic rings. The Morgan fingerprint density at radius 2 is 1.72 bits per heavy atom. The van der Waals surface area contributed by atoms with E-state index in [9.17, 15) is 8.42 Å². The monoisotopic (exact) mass is 269 g/mol. The van der Waals surface area contributed by atoms with E-state index in [1.54, 1.807) is 0 Å². The zero-order valence-electron chi connectivity index (χ0n) is 11.7. The van der Waals surface area contributed by atoms with E-state index in [0.717, 1.165) is 6.42 Å². The van der Waals surface area contributed by atoms with Gasteiger partial charge in [0.05, 0.1) is 0 Å². The minimum atomic E-state index is -2.85. The molecule has 18 heavy (non-hydrogen) atoms. The van der Waals surface area contributed by atoms with Crippen molar-refractivity contribution in [3.05, 3.63) is 34.9 Å². The third-order valence-electron chi connectivity index (χ3n) is 3.00. The molecule has 0 saturated carbocycles. The summed E-state index contributed by atoms with van der Waals surface area (Å²) in [5.74, 6) is 0.260. The fourth-order valence-corrected chi connectivity index (χ4v) is 2.93. The van der Waals surface area contributed by atoms with Crippen molar-refractivity contribution in [1.82, 2.24) is 5.32 Å². The predicted molar refractivity (Wildman–Crippen MR) is 76.7 cm³/mol. The van der Waals surface area contributed by atoms with Gasteiger partial charge in [0.1, 0.15) is 9.84 Å². The third-order valence-corrected chi connectivity index (χ3v) is 4.03. The first kappa shape index (κ1) is 15.2. The van der Waals surface area contributed by atoms with E-state index in [1.807, 2.05) is 7.05 Å². The van der Waals surface area contributed by atoms with Crippen LogP contribution in [-0.4, -0.2) is 27.5 Å². The normalized spacial score (nSPS) is 13.6. The van der Waals surface area contributed by atoms with Crippen LogP contribution in [0, 0.1) is 13.8 Å². The number of benzene rings is 1. The predicted octanol–water partition coefficient (Wildman–Crippen LogP) is 2.39. The van der Waals surface area contributed by atoms with Crippen molar-refractivity contribution >= 4 is 9.84 Å². The van der Waals surface area contributed by atoms with E-state index in [4.69, 9.17) is 0 Å². The fraction of sp³-hybridized carbons (Fsp3) is 0.571. The molecule has 0 heterocycles. The first-order valence-corrected chi connectivity index (χ1v) is 8.31. The molecule has 0 aliphatic carbocycles.